The quantitative estimate of drug-likeness (QED) is 0.895. The Morgan fingerprint density at radius 2 is 1.95 bits per heavy atom. The molecule has 1 aromatic rings. The highest BCUT2D eigenvalue weighted by Gasteiger charge is 2.25. The zero-order valence-corrected chi connectivity index (χ0v) is 11.7. The van der Waals surface area contributed by atoms with Crippen LogP contribution in [0, 0.1) is 11.7 Å². The number of rotatable bonds is 5. The van der Waals surface area contributed by atoms with Gasteiger partial charge in [-0.2, -0.15) is 0 Å². The largest absolute Gasteiger partial charge is 0.307 e. The van der Waals surface area contributed by atoms with E-state index in [1.807, 2.05) is 7.05 Å². The van der Waals surface area contributed by atoms with Gasteiger partial charge in [0.2, 0.25) is 0 Å². The molecule has 1 aliphatic rings. The number of nitrogens with one attached hydrogen (secondary N) is 1. The van der Waals surface area contributed by atoms with Gasteiger partial charge in [0.05, 0.1) is 6.54 Å². The number of benzene rings is 1. The Morgan fingerprint density at radius 1 is 1.25 bits per heavy atom. The molecule has 0 amide bonds. The molecule has 0 aromatic heterocycles. The molecule has 2 atom stereocenters. The van der Waals surface area contributed by atoms with Gasteiger partial charge in [0.15, 0.2) is 0 Å². The normalized spacial score (nSPS) is 24.2. The molecule has 2 nitrogen and oxygen atoms in total. The van der Waals surface area contributed by atoms with Crippen molar-refractivity contribution >= 4 is 0 Å². The van der Waals surface area contributed by atoms with E-state index in [4.69, 9.17) is 0 Å². The van der Waals surface area contributed by atoms with Crippen LogP contribution in [0.15, 0.2) is 24.3 Å². The summed E-state index contributed by atoms with van der Waals surface area (Å²) in [6, 6.07) is 6.63. The fourth-order valence-corrected chi connectivity index (χ4v) is 2.95. The van der Waals surface area contributed by atoms with Gasteiger partial charge in [-0.05, 0) is 43.5 Å². The molecule has 2 unspecified atom stereocenters. The van der Waals surface area contributed by atoms with Crippen molar-refractivity contribution in [1.29, 1.82) is 0 Å². The molecule has 0 bridgehead atoms. The van der Waals surface area contributed by atoms with Crippen molar-refractivity contribution in [2.24, 2.45) is 5.92 Å². The molecule has 0 radical (unpaired) electrons. The van der Waals surface area contributed by atoms with Crippen molar-refractivity contribution in [2.75, 3.05) is 26.7 Å². The lowest BCUT2D eigenvalue weighted by atomic mass is 9.89. The molecule has 0 spiro atoms. The SMILES string of the molecule is CN1CC(Cc2ccc(F)cc2)CC(NCC(F)F)C1. The van der Waals surface area contributed by atoms with Crippen LogP contribution in [0.4, 0.5) is 13.2 Å². The van der Waals surface area contributed by atoms with Gasteiger partial charge < -0.3 is 10.2 Å². The summed E-state index contributed by atoms with van der Waals surface area (Å²) in [4.78, 5) is 2.17. The Morgan fingerprint density at radius 3 is 2.60 bits per heavy atom. The Hall–Kier alpha value is -1.07. The zero-order valence-electron chi connectivity index (χ0n) is 11.7. The van der Waals surface area contributed by atoms with Gasteiger partial charge >= 0.3 is 0 Å². The van der Waals surface area contributed by atoms with Crippen molar-refractivity contribution in [3.8, 4) is 0 Å². The van der Waals surface area contributed by atoms with Crippen LogP contribution in [-0.2, 0) is 6.42 Å². The Labute approximate surface area is 118 Å². The summed E-state index contributed by atoms with van der Waals surface area (Å²) in [6.07, 6.45) is -0.566. The summed E-state index contributed by atoms with van der Waals surface area (Å²) in [7, 11) is 2.01. The predicted molar refractivity (Wildman–Crippen MR) is 73.5 cm³/mol. The molecule has 1 saturated heterocycles. The number of nitrogens with zero attached hydrogens (tertiary/aromatic N) is 1. The Balaban J connectivity index is 1.88. The highest BCUT2D eigenvalue weighted by Crippen LogP contribution is 2.20. The van der Waals surface area contributed by atoms with Crippen molar-refractivity contribution in [3.63, 3.8) is 0 Å². The predicted octanol–water partition coefficient (Wildman–Crippen LogP) is 2.54. The number of halogens is 3. The lowest BCUT2D eigenvalue weighted by Crippen LogP contribution is -2.49. The standard InChI is InChI=1S/C15H21F3N2/c1-20-9-12(6-11-2-4-13(16)5-3-11)7-14(10-20)19-8-15(17)18/h2-5,12,14-15,19H,6-10H2,1H3. The smallest absolute Gasteiger partial charge is 0.250 e. The number of piperidine rings is 1. The monoisotopic (exact) mass is 286 g/mol. The molecule has 1 heterocycles. The van der Waals surface area contributed by atoms with Crippen LogP contribution in [0.25, 0.3) is 0 Å². The van der Waals surface area contributed by atoms with Crippen LogP contribution in [0.2, 0.25) is 0 Å². The molecular formula is C15H21F3N2. The fraction of sp³-hybridized carbons (Fsp3) is 0.600. The van der Waals surface area contributed by atoms with E-state index in [2.05, 4.69) is 10.2 Å². The summed E-state index contributed by atoms with van der Waals surface area (Å²) >= 11 is 0. The Kier molecular flexibility index (Phi) is 5.43. The van der Waals surface area contributed by atoms with E-state index in [0.29, 0.717) is 5.92 Å². The summed E-state index contributed by atoms with van der Waals surface area (Å²) < 4.78 is 37.4. The van der Waals surface area contributed by atoms with Gasteiger partial charge in [-0.25, -0.2) is 13.2 Å². The van der Waals surface area contributed by atoms with Gasteiger partial charge in [-0.15, -0.1) is 0 Å². The third-order valence-corrected chi connectivity index (χ3v) is 3.72. The first-order chi connectivity index (χ1) is 9.52. The van der Waals surface area contributed by atoms with Crippen LogP contribution in [0.5, 0.6) is 0 Å². The minimum atomic E-state index is -2.31. The third kappa shape index (κ3) is 4.80. The maximum Gasteiger partial charge on any atom is 0.250 e. The lowest BCUT2D eigenvalue weighted by molar-refractivity contribution is 0.119. The summed E-state index contributed by atoms with van der Waals surface area (Å²) in [5.74, 6) is 0.181. The summed E-state index contributed by atoms with van der Waals surface area (Å²) in [5, 5.41) is 2.92. The molecule has 20 heavy (non-hydrogen) atoms. The van der Waals surface area contributed by atoms with E-state index in [9.17, 15) is 13.2 Å². The third-order valence-electron chi connectivity index (χ3n) is 3.72. The number of hydrogen-bond acceptors (Lipinski definition) is 2. The first-order valence-electron chi connectivity index (χ1n) is 6.97. The molecule has 5 heteroatoms. The number of likely N-dealkylation sites (N-methyl/N-ethyl adjacent to an activating group) is 1. The molecule has 0 saturated carbocycles. The lowest BCUT2D eigenvalue weighted by Gasteiger charge is -2.36. The van der Waals surface area contributed by atoms with Crippen LogP contribution in [-0.4, -0.2) is 44.0 Å². The van der Waals surface area contributed by atoms with Gasteiger partial charge in [0.25, 0.3) is 6.43 Å². The van der Waals surface area contributed by atoms with E-state index in [1.54, 1.807) is 12.1 Å². The zero-order chi connectivity index (χ0) is 14.5. The molecule has 1 fully saturated rings. The number of hydrogen-bond donors (Lipinski definition) is 1. The number of alkyl halides is 2. The molecule has 1 N–H and O–H groups in total. The van der Waals surface area contributed by atoms with Crippen LogP contribution in [0.3, 0.4) is 0 Å². The van der Waals surface area contributed by atoms with Crippen molar-refractivity contribution in [3.05, 3.63) is 35.6 Å². The highest BCUT2D eigenvalue weighted by atomic mass is 19.3. The van der Waals surface area contributed by atoms with E-state index >= 15 is 0 Å². The molecule has 2 rings (SSSR count). The molecule has 112 valence electrons. The number of likely N-dealkylation sites (tertiary alicyclic amines) is 1. The molecule has 1 aromatic carbocycles. The van der Waals surface area contributed by atoms with Crippen LogP contribution in [0.1, 0.15) is 12.0 Å². The van der Waals surface area contributed by atoms with Gasteiger partial charge in [-0.3, -0.25) is 0 Å². The van der Waals surface area contributed by atoms with Crippen LogP contribution < -0.4 is 5.32 Å². The second-order valence-electron chi connectivity index (χ2n) is 5.65. The molecule has 0 aliphatic carbocycles. The average molecular weight is 286 g/mol. The first kappa shape index (κ1) is 15.3. The summed E-state index contributed by atoms with van der Waals surface area (Å²) in [5.41, 5.74) is 1.10. The highest BCUT2D eigenvalue weighted by molar-refractivity contribution is 5.17. The molecule has 1 aliphatic heterocycles. The second-order valence-corrected chi connectivity index (χ2v) is 5.65. The van der Waals surface area contributed by atoms with Crippen molar-refractivity contribution in [2.45, 2.75) is 25.3 Å². The summed E-state index contributed by atoms with van der Waals surface area (Å²) in [6.45, 7) is 1.50. The van der Waals surface area contributed by atoms with Crippen molar-refractivity contribution < 1.29 is 13.2 Å². The maximum atomic E-state index is 12.9. The van der Waals surface area contributed by atoms with E-state index in [1.165, 1.54) is 12.1 Å². The van der Waals surface area contributed by atoms with E-state index in [-0.39, 0.29) is 18.4 Å². The average Bonchev–Trinajstić information content (AvgIpc) is 2.38. The van der Waals surface area contributed by atoms with Gasteiger partial charge in [0, 0.05) is 19.1 Å². The molecular weight excluding hydrogens is 265 g/mol. The van der Waals surface area contributed by atoms with Gasteiger partial charge in [0.1, 0.15) is 5.82 Å². The topological polar surface area (TPSA) is 15.3 Å². The Bertz CT molecular complexity index is 408. The first-order valence-corrected chi connectivity index (χ1v) is 6.97. The maximum absolute atomic E-state index is 12.9. The van der Waals surface area contributed by atoms with E-state index < -0.39 is 6.43 Å². The fourth-order valence-electron chi connectivity index (χ4n) is 2.95. The van der Waals surface area contributed by atoms with Gasteiger partial charge in [-0.1, -0.05) is 12.1 Å². The van der Waals surface area contributed by atoms with Crippen molar-refractivity contribution in [1.82, 2.24) is 10.2 Å². The minimum Gasteiger partial charge on any atom is -0.307 e. The second kappa shape index (κ2) is 7.09. The van der Waals surface area contributed by atoms with E-state index in [0.717, 1.165) is 31.5 Å². The van der Waals surface area contributed by atoms with Crippen LogP contribution >= 0.6 is 0 Å². The minimum absolute atomic E-state index is 0.105.